The van der Waals surface area contributed by atoms with E-state index >= 15 is 0 Å². The minimum Gasteiger partial charge on any atom is -0.395 e. The first-order chi connectivity index (χ1) is 5.16. The molecule has 0 aromatic rings. The van der Waals surface area contributed by atoms with Crippen LogP contribution in [0, 0.1) is 0 Å². The van der Waals surface area contributed by atoms with Gasteiger partial charge in [0.05, 0.1) is 6.61 Å². The third kappa shape index (κ3) is 7.35. The zero-order valence-electron chi connectivity index (χ0n) is 5.69. The predicted molar refractivity (Wildman–Crippen MR) is 35.9 cm³/mol. The lowest BCUT2D eigenvalue weighted by Crippen LogP contribution is -2.29. The Bertz CT molecular complexity index is 149. The summed E-state index contributed by atoms with van der Waals surface area (Å²) < 4.78 is 13.9. The van der Waals surface area contributed by atoms with Gasteiger partial charge in [-0.1, -0.05) is 0 Å². The fourth-order valence-corrected chi connectivity index (χ4v) is 0.588. The van der Waals surface area contributed by atoms with Gasteiger partial charge in [-0.15, -0.1) is 9.42 Å². The van der Waals surface area contributed by atoms with Crippen molar-refractivity contribution in [3.05, 3.63) is 0 Å². The van der Waals surface area contributed by atoms with E-state index in [2.05, 4.69) is 9.84 Å². The number of aliphatic hydroxyl groups is 1. The molecule has 0 aliphatic heterocycles. The lowest BCUT2D eigenvalue weighted by molar-refractivity contribution is -0.123. The van der Waals surface area contributed by atoms with E-state index in [4.69, 9.17) is 10.00 Å². The molecule has 0 rings (SSSR count). The number of amides is 1. The van der Waals surface area contributed by atoms with E-state index in [1.807, 2.05) is 0 Å². The number of carbonyl (C=O) groups excluding carboxylic acids is 1. The highest BCUT2D eigenvalue weighted by atomic mass is 31.1. The molecule has 0 aromatic heterocycles. The molecule has 0 spiro atoms. The Hall–Kier alpha value is -0.550. The van der Waals surface area contributed by atoms with Gasteiger partial charge < -0.3 is 10.4 Å². The summed E-state index contributed by atoms with van der Waals surface area (Å²) in [6.07, 6.45) is 0. The van der Waals surface area contributed by atoms with Crippen LogP contribution >= 0.6 is 8.25 Å². The number of hydrogen-bond acceptors (Lipinski definition) is 4. The Balaban J connectivity index is 3.30. The second kappa shape index (κ2) is 6.18. The maximum Gasteiger partial charge on any atom is 0.695 e. The van der Waals surface area contributed by atoms with E-state index in [0.717, 1.165) is 0 Å². The average molecular weight is 182 g/mol. The molecule has 0 saturated heterocycles. The minimum absolute atomic E-state index is 0.115. The fraction of sp³-hybridized carbons (Fsp3) is 0.750. The largest absolute Gasteiger partial charge is 0.695 e. The summed E-state index contributed by atoms with van der Waals surface area (Å²) in [5, 5.41) is 10.5. The van der Waals surface area contributed by atoms with Crippen molar-refractivity contribution < 1.29 is 23.9 Å². The summed E-state index contributed by atoms with van der Waals surface area (Å²) in [6.45, 7) is -0.521. The van der Waals surface area contributed by atoms with Crippen molar-refractivity contribution in [2.24, 2.45) is 0 Å². The minimum atomic E-state index is -2.72. The predicted octanol–water partition coefficient (Wildman–Crippen LogP) is -1.24. The average Bonchev–Trinajstić information content (AvgIpc) is 1.97. The molecule has 0 aliphatic rings. The molecule has 6 nitrogen and oxygen atoms in total. The molecule has 0 aliphatic carbocycles. The fourth-order valence-electron chi connectivity index (χ4n) is 0.360. The van der Waals surface area contributed by atoms with E-state index < -0.39 is 20.8 Å². The summed E-state index contributed by atoms with van der Waals surface area (Å²) in [4.78, 5) is 18.6. The van der Waals surface area contributed by atoms with Crippen molar-refractivity contribution in [3.8, 4) is 0 Å². The molecule has 1 amide bonds. The molecule has 64 valence electrons. The number of nitrogens with one attached hydrogen (secondary N) is 1. The topological polar surface area (TPSA) is 95.9 Å². The molecular weight excluding hydrogens is 173 g/mol. The summed E-state index contributed by atoms with van der Waals surface area (Å²) in [6, 6.07) is 0. The number of carbonyl (C=O) groups is 1. The number of hydrogen-bond donors (Lipinski definition) is 3. The first-order valence-corrected chi connectivity index (χ1v) is 3.96. The van der Waals surface area contributed by atoms with E-state index in [0.29, 0.717) is 0 Å². The van der Waals surface area contributed by atoms with Crippen LogP contribution in [0.15, 0.2) is 0 Å². The van der Waals surface area contributed by atoms with Crippen LogP contribution in [-0.4, -0.2) is 35.7 Å². The van der Waals surface area contributed by atoms with Crippen molar-refractivity contribution >= 4 is 14.2 Å². The Morgan fingerprint density at radius 1 is 1.64 bits per heavy atom. The van der Waals surface area contributed by atoms with E-state index in [1.165, 1.54) is 0 Å². The van der Waals surface area contributed by atoms with Gasteiger partial charge in [-0.3, -0.25) is 4.79 Å². The first kappa shape index (κ1) is 10.4. The quantitative estimate of drug-likeness (QED) is 0.462. The molecule has 0 bridgehead atoms. The van der Waals surface area contributed by atoms with E-state index in [1.54, 1.807) is 0 Å². The standard InChI is InChI=1S/C4H8NO5P/c6-2-1-5-4(7)3-10-11(8)9/h6H,1-3H2,(H-,5,7,8,9)/p+1. The number of rotatable bonds is 5. The van der Waals surface area contributed by atoms with Crippen molar-refractivity contribution in [1.82, 2.24) is 5.32 Å². The van der Waals surface area contributed by atoms with Gasteiger partial charge in [0.2, 0.25) is 0 Å². The van der Waals surface area contributed by atoms with Crippen LogP contribution in [0.25, 0.3) is 0 Å². The zero-order chi connectivity index (χ0) is 8.69. The third-order valence-electron chi connectivity index (χ3n) is 0.740. The van der Waals surface area contributed by atoms with Gasteiger partial charge in [-0.05, 0) is 0 Å². The normalized spacial score (nSPS) is 10.9. The highest BCUT2D eigenvalue weighted by Gasteiger charge is 2.14. The van der Waals surface area contributed by atoms with Crippen molar-refractivity contribution in [2.75, 3.05) is 19.8 Å². The SMILES string of the molecule is O=C(CO[P+](=O)O)NCCO. The van der Waals surface area contributed by atoms with Crippen LogP contribution < -0.4 is 5.32 Å². The monoisotopic (exact) mass is 182 g/mol. The van der Waals surface area contributed by atoms with E-state index in [9.17, 15) is 9.36 Å². The molecule has 0 saturated carbocycles. The summed E-state index contributed by atoms with van der Waals surface area (Å²) in [5.74, 6) is -0.531. The van der Waals surface area contributed by atoms with Crippen LogP contribution in [0.3, 0.4) is 0 Å². The molecule has 0 heterocycles. The Morgan fingerprint density at radius 3 is 2.73 bits per heavy atom. The van der Waals surface area contributed by atoms with Gasteiger partial charge in [0.1, 0.15) is 0 Å². The molecule has 1 unspecified atom stereocenters. The highest BCUT2D eigenvalue weighted by Crippen LogP contribution is 2.12. The molecule has 11 heavy (non-hydrogen) atoms. The molecule has 0 aromatic carbocycles. The smallest absolute Gasteiger partial charge is 0.395 e. The summed E-state index contributed by atoms with van der Waals surface area (Å²) in [7, 11) is -2.72. The molecule has 7 heteroatoms. The second-order valence-corrected chi connectivity index (χ2v) is 2.32. The second-order valence-electron chi connectivity index (χ2n) is 1.58. The summed E-state index contributed by atoms with van der Waals surface area (Å²) >= 11 is 0. The molecule has 1 atom stereocenters. The zero-order valence-corrected chi connectivity index (χ0v) is 6.58. The lowest BCUT2D eigenvalue weighted by atomic mass is 10.6. The van der Waals surface area contributed by atoms with Crippen LogP contribution in [0.5, 0.6) is 0 Å². The molecule has 0 fully saturated rings. The van der Waals surface area contributed by atoms with Gasteiger partial charge in [0.25, 0.3) is 5.91 Å². The summed E-state index contributed by atoms with van der Waals surface area (Å²) in [5.41, 5.74) is 0. The maximum atomic E-state index is 10.5. The lowest BCUT2D eigenvalue weighted by Gasteiger charge is -1.96. The van der Waals surface area contributed by atoms with Crippen LogP contribution in [0.1, 0.15) is 0 Å². The van der Waals surface area contributed by atoms with Crippen LogP contribution in [0.2, 0.25) is 0 Å². The van der Waals surface area contributed by atoms with Gasteiger partial charge in [0, 0.05) is 11.1 Å². The Kier molecular flexibility index (Phi) is 5.87. The van der Waals surface area contributed by atoms with Gasteiger partial charge >= 0.3 is 8.25 Å². The Morgan fingerprint density at radius 2 is 2.27 bits per heavy atom. The molecule has 0 radical (unpaired) electrons. The van der Waals surface area contributed by atoms with Gasteiger partial charge in [-0.25, -0.2) is 0 Å². The van der Waals surface area contributed by atoms with E-state index in [-0.39, 0.29) is 13.2 Å². The number of aliphatic hydroxyl groups excluding tert-OH is 1. The van der Waals surface area contributed by atoms with Crippen LogP contribution in [0.4, 0.5) is 0 Å². The molecular formula is C4H9NO5P+. The van der Waals surface area contributed by atoms with Crippen molar-refractivity contribution in [1.29, 1.82) is 0 Å². The maximum absolute atomic E-state index is 10.5. The van der Waals surface area contributed by atoms with Crippen molar-refractivity contribution in [2.45, 2.75) is 0 Å². The van der Waals surface area contributed by atoms with Crippen molar-refractivity contribution in [3.63, 3.8) is 0 Å². The van der Waals surface area contributed by atoms with Gasteiger partial charge in [0.15, 0.2) is 6.61 Å². The highest BCUT2D eigenvalue weighted by molar-refractivity contribution is 7.32. The van der Waals surface area contributed by atoms with Crippen LogP contribution in [-0.2, 0) is 13.9 Å². The first-order valence-electron chi connectivity index (χ1n) is 2.83. The molecule has 3 N–H and O–H groups in total. The third-order valence-corrected chi connectivity index (χ3v) is 1.09. The van der Waals surface area contributed by atoms with Gasteiger partial charge in [-0.2, -0.15) is 0 Å². The Labute approximate surface area is 64.1 Å².